The summed E-state index contributed by atoms with van der Waals surface area (Å²) in [5.41, 5.74) is 8.50. The van der Waals surface area contributed by atoms with Gasteiger partial charge >= 0.3 is 5.97 Å². The minimum absolute atomic E-state index is 0.173. The summed E-state index contributed by atoms with van der Waals surface area (Å²) >= 11 is 1.08. The van der Waals surface area contributed by atoms with E-state index in [1.807, 2.05) is 0 Å². The second kappa shape index (κ2) is 6.08. The van der Waals surface area contributed by atoms with E-state index in [1.54, 1.807) is 0 Å². The zero-order valence-corrected chi connectivity index (χ0v) is 11.8. The van der Waals surface area contributed by atoms with Crippen LogP contribution in [0, 0.1) is 0 Å². The highest BCUT2D eigenvalue weighted by Crippen LogP contribution is 2.37. The molecule has 0 aliphatic carbocycles. The van der Waals surface area contributed by atoms with Gasteiger partial charge in [-0.2, -0.15) is 0 Å². The van der Waals surface area contributed by atoms with Crippen LogP contribution in [0.15, 0.2) is 5.11 Å². The first-order valence-electron chi connectivity index (χ1n) is 6.04. The quantitative estimate of drug-likeness (QED) is 0.235. The van der Waals surface area contributed by atoms with E-state index in [0.717, 1.165) is 23.8 Å². The summed E-state index contributed by atoms with van der Waals surface area (Å²) < 4.78 is 4.60. The van der Waals surface area contributed by atoms with Gasteiger partial charge in [-0.25, -0.2) is 4.79 Å². The summed E-state index contributed by atoms with van der Waals surface area (Å²) in [5, 5.41) is 32.1. The Hall–Kier alpha value is -1.52. The number of amides is 1. The number of thioether (sulfide) groups is 1. The van der Waals surface area contributed by atoms with Crippen LogP contribution in [0.3, 0.4) is 0 Å². The van der Waals surface area contributed by atoms with Crippen LogP contribution in [-0.4, -0.2) is 80.7 Å². The van der Waals surface area contributed by atoms with Crippen molar-refractivity contribution >= 4 is 23.6 Å². The monoisotopic (exact) mass is 318 g/mol. The van der Waals surface area contributed by atoms with E-state index in [2.05, 4.69) is 14.8 Å². The lowest BCUT2D eigenvalue weighted by Gasteiger charge is -2.29. The molecule has 116 valence electrons. The number of carbonyl (C=O) groups is 2. The third-order valence-electron chi connectivity index (χ3n) is 3.51. The van der Waals surface area contributed by atoms with Crippen molar-refractivity contribution < 1.29 is 29.6 Å². The van der Waals surface area contributed by atoms with E-state index in [9.17, 15) is 24.9 Å². The molecule has 2 rings (SSSR count). The lowest BCUT2D eigenvalue weighted by atomic mass is 10.0. The highest BCUT2D eigenvalue weighted by molar-refractivity contribution is 8.00. The maximum absolute atomic E-state index is 12.4. The molecule has 2 saturated heterocycles. The molecule has 0 unspecified atom stereocenters. The number of azide groups is 1. The number of nitrogens with zero attached hydrogens (tertiary/aromatic N) is 4. The number of methoxy groups -OCH3 is 1. The Morgan fingerprint density at radius 2 is 2.10 bits per heavy atom. The summed E-state index contributed by atoms with van der Waals surface area (Å²) in [5.74, 6) is -1.34. The second-order valence-corrected chi connectivity index (χ2v) is 5.78. The molecule has 2 aliphatic heterocycles. The van der Waals surface area contributed by atoms with Crippen molar-refractivity contribution in [3.63, 3.8) is 0 Å². The molecule has 0 bridgehead atoms. The Bertz CT molecular complexity index is 498. The lowest BCUT2D eigenvalue weighted by molar-refractivity contribution is -0.153. The fourth-order valence-corrected chi connectivity index (χ4v) is 3.86. The molecule has 0 aromatic heterocycles. The standard InChI is InChI=1S/C10H14N4O6S/c1-20-10(19)3-2-21-9-7(17)6(16)5(15)4(12-13-11)8(18)14(3)9/h3-7,9,15-17H,2H2,1H3/t3-,4-,5+,6-,7+,9+/m0/s1. The van der Waals surface area contributed by atoms with Crippen molar-refractivity contribution in [2.24, 2.45) is 5.11 Å². The summed E-state index contributed by atoms with van der Waals surface area (Å²) in [6.45, 7) is 0. The molecule has 0 aromatic rings. The smallest absolute Gasteiger partial charge is 0.329 e. The van der Waals surface area contributed by atoms with Crippen LogP contribution in [0.2, 0.25) is 0 Å². The van der Waals surface area contributed by atoms with E-state index in [4.69, 9.17) is 5.53 Å². The van der Waals surface area contributed by atoms with Gasteiger partial charge in [-0.15, -0.1) is 11.8 Å². The Morgan fingerprint density at radius 3 is 2.67 bits per heavy atom. The zero-order valence-electron chi connectivity index (χ0n) is 10.9. The molecule has 3 N–H and O–H groups in total. The molecule has 2 heterocycles. The summed E-state index contributed by atoms with van der Waals surface area (Å²) in [6.07, 6.45) is -4.92. The fraction of sp³-hybridized carbons (Fsp3) is 0.800. The number of carbonyl (C=O) groups excluding carboxylic acids is 2. The number of aliphatic hydroxyl groups excluding tert-OH is 3. The molecule has 0 aromatic carbocycles. The SMILES string of the molecule is COC(=O)[C@@H]1CS[C@@H]2[C@H](O)[C@@H](O)[C@H](O)[C@H](N=[N+]=[N-])C(=O)N21. The van der Waals surface area contributed by atoms with Crippen molar-refractivity contribution in [2.45, 2.75) is 35.8 Å². The molecule has 6 atom stereocenters. The van der Waals surface area contributed by atoms with Crippen molar-refractivity contribution in [3.8, 4) is 0 Å². The molecular weight excluding hydrogens is 304 g/mol. The third-order valence-corrected chi connectivity index (χ3v) is 4.86. The molecule has 2 fully saturated rings. The molecule has 0 radical (unpaired) electrons. The summed E-state index contributed by atoms with van der Waals surface area (Å²) in [6, 6.07) is -2.59. The second-order valence-electron chi connectivity index (χ2n) is 4.63. The Balaban J connectivity index is 2.43. The van der Waals surface area contributed by atoms with E-state index >= 15 is 0 Å². The van der Waals surface area contributed by atoms with Crippen LogP contribution in [-0.2, 0) is 14.3 Å². The minimum atomic E-state index is -1.76. The molecule has 21 heavy (non-hydrogen) atoms. The van der Waals surface area contributed by atoms with Gasteiger partial charge in [0.15, 0.2) is 0 Å². The van der Waals surface area contributed by atoms with Gasteiger partial charge < -0.3 is 25.0 Å². The number of rotatable bonds is 2. The van der Waals surface area contributed by atoms with Gasteiger partial charge in [-0.1, -0.05) is 5.11 Å². The third kappa shape index (κ3) is 2.54. The zero-order chi connectivity index (χ0) is 15.7. The number of aliphatic hydroxyl groups is 3. The summed E-state index contributed by atoms with van der Waals surface area (Å²) in [4.78, 5) is 27.6. The van der Waals surface area contributed by atoms with Crippen LogP contribution >= 0.6 is 11.8 Å². The highest BCUT2D eigenvalue weighted by atomic mass is 32.2. The maximum atomic E-state index is 12.4. The van der Waals surface area contributed by atoms with Gasteiger partial charge in [0.2, 0.25) is 5.91 Å². The molecule has 1 amide bonds. The van der Waals surface area contributed by atoms with E-state index < -0.39 is 47.6 Å². The van der Waals surface area contributed by atoms with E-state index in [1.165, 1.54) is 0 Å². The first-order valence-corrected chi connectivity index (χ1v) is 7.09. The van der Waals surface area contributed by atoms with Gasteiger partial charge in [0.1, 0.15) is 29.7 Å². The number of esters is 1. The molecule has 0 saturated carbocycles. The molecule has 2 aliphatic rings. The first kappa shape index (κ1) is 15.9. The van der Waals surface area contributed by atoms with Crippen molar-refractivity contribution in [3.05, 3.63) is 10.4 Å². The van der Waals surface area contributed by atoms with Gasteiger partial charge in [0, 0.05) is 10.7 Å². The number of ether oxygens (including phenoxy) is 1. The van der Waals surface area contributed by atoms with Crippen molar-refractivity contribution in [1.29, 1.82) is 0 Å². The molecular formula is C10H14N4O6S. The number of hydrogen-bond acceptors (Lipinski definition) is 8. The highest BCUT2D eigenvalue weighted by Gasteiger charge is 2.54. The largest absolute Gasteiger partial charge is 0.467 e. The molecule has 11 heteroatoms. The maximum Gasteiger partial charge on any atom is 0.329 e. The van der Waals surface area contributed by atoms with Crippen molar-refractivity contribution in [1.82, 2.24) is 4.90 Å². The Labute approximate surface area is 123 Å². The van der Waals surface area contributed by atoms with Crippen LogP contribution in [0.4, 0.5) is 0 Å². The Kier molecular flexibility index (Phi) is 4.59. The number of fused-ring (bicyclic) bond motifs is 1. The average molecular weight is 318 g/mol. The van der Waals surface area contributed by atoms with Crippen LogP contribution in [0.25, 0.3) is 10.4 Å². The van der Waals surface area contributed by atoms with Crippen molar-refractivity contribution in [2.75, 3.05) is 12.9 Å². The predicted octanol–water partition coefficient (Wildman–Crippen LogP) is -1.80. The normalized spacial score (nSPS) is 39.2. The van der Waals surface area contributed by atoms with E-state index in [0.29, 0.717) is 0 Å². The fourth-order valence-electron chi connectivity index (χ4n) is 2.42. The minimum Gasteiger partial charge on any atom is -0.467 e. The Morgan fingerprint density at radius 1 is 1.43 bits per heavy atom. The van der Waals surface area contributed by atoms with Crippen LogP contribution in [0.5, 0.6) is 0 Å². The first-order chi connectivity index (χ1) is 9.93. The van der Waals surface area contributed by atoms with Crippen LogP contribution < -0.4 is 0 Å². The number of hydrogen-bond donors (Lipinski definition) is 3. The van der Waals surface area contributed by atoms with Crippen LogP contribution in [0.1, 0.15) is 0 Å². The van der Waals surface area contributed by atoms with Gasteiger partial charge in [0.05, 0.1) is 13.2 Å². The average Bonchev–Trinajstić information content (AvgIpc) is 2.91. The molecule has 0 spiro atoms. The molecule has 10 nitrogen and oxygen atoms in total. The van der Waals surface area contributed by atoms with Gasteiger partial charge in [0.25, 0.3) is 0 Å². The van der Waals surface area contributed by atoms with Gasteiger partial charge in [-0.3, -0.25) is 4.79 Å². The van der Waals surface area contributed by atoms with Gasteiger partial charge in [-0.05, 0) is 5.53 Å². The van der Waals surface area contributed by atoms with E-state index in [-0.39, 0.29) is 5.75 Å². The predicted molar refractivity (Wildman–Crippen MR) is 69.9 cm³/mol. The lowest BCUT2D eigenvalue weighted by Crippen LogP contribution is -2.51. The summed E-state index contributed by atoms with van der Waals surface area (Å²) in [7, 11) is 1.16. The topological polar surface area (TPSA) is 156 Å².